The molecule has 0 radical (unpaired) electrons. The standard InChI is InChI=1S/C31H31ClN6O/c1-21-11-14-24-18-27(31(39)33-28(24)17-21)29(30-34-35-36-38(30)26-9-5-6-10-26)37(19-22-7-3-2-4-8-22)20-23-12-15-25(32)16-13-23/h2-4,7-8,11-18,26,29H,5-6,9-10,19-20H2,1H3,(H,33,39)/t29-/m0/s1. The summed E-state index contributed by atoms with van der Waals surface area (Å²) in [5.41, 5.74) is 4.65. The number of nitrogens with zero attached hydrogens (tertiary/aromatic N) is 5. The van der Waals surface area contributed by atoms with E-state index in [-0.39, 0.29) is 11.6 Å². The summed E-state index contributed by atoms with van der Waals surface area (Å²) < 4.78 is 1.97. The highest BCUT2D eigenvalue weighted by Crippen LogP contribution is 2.35. The van der Waals surface area contributed by atoms with Crippen molar-refractivity contribution < 1.29 is 0 Å². The van der Waals surface area contributed by atoms with Crippen molar-refractivity contribution in [2.45, 2.75) is 57.8 Å². The van der Waals surface area contributed by atoms with Crippen molar-refractivity contribution in [3.05, 3.63) is 122 Å². The van der Waals surface area contributed by atoms with Gasteiger partial charge in [-0.15, -0.1) is 5.10 Å². The van der Waals surface area contributed by atoms with Gasteiger partial charge in [0.05, 0.1) is 6.04 Å². The zero-order valence-corrected chi connectivity index (χ0v) is 22.7. The molecule has 39 heavy (non-hydrogen) atoms. The average molecular weight is 539 g/mol. The third kappa shape index (κ3) is 5.51. The number of aromatic amines is 1. The number of nitrogens with one attached hydrogen (secondary N) is 1. The molecule has 2 heterocycles. The molecule has 1 saturated carbocycles. The van der Waals surface area contributed by atoms with E-state index in [1.165, 1.54) is 0 Å². The average Bonchev–Trinajstić information content (AvgIpc) is 3.64. The molecule has 0 unspecified atom stereocenters. The van der Waals surface area contributed by atoms with E-state index in [1.807, 2.05) is 66.2 Å². The van der Waals surface area contributed by atoms with Crippen LogP contribution in [0.3, 0.4) is 0 Å². The number of tetrazole rings is 1. The number of fused-ring (bicyclic) bond motifs is 1. The molecule has 2 aromatic heterocycles. The topological polar surface area (TPSA) is 79.7 Å². The fourth-order valence-electron chi connectivity index (χ4n) is 5.70. The molecule has 6 rings (SSSR count). The van der Waals surface area contributed by atoms with Gasteiger partial charge in [-0.3, -0.25) is 9.69 Å². The van der Waals surface area contributed by atoms with Crippen molar-refractivity contribution in [1.29, 1.82) is 0 Å². The van der Waals surface area contributed by atoms with E-state index >= 15 is 0 Å². The maximum atomic E-state index is 13.8. The van der Waals surface area contributed by atoms with Gasteiger partial charge in [-0.2, -0.15) is 0 Å². The van der Waals surface area contributed by atoms with Crippen LogP contribution in [0.4, 0.5) is 0 Å². The van der Waals surface area contributed by atoms with Gasteiger partial charge in [-0.05, 0) is 76.5 Å². The van der Waals surface area contributed by atoms with Gasteiger partial charge in [0.15, 0.2) is 5.82 Å². The second-order valence-corrected chi connectivity index (χ2v) is 10.9. The molecular weight excluding hydrogens is 508 g/mol. The first-order valence-corrected chi connectivity index (χ1v) is 13.9. The Morgan fingerprint density at radius 1 is 0.974 bits per heavy atom. The van der Waals surface area contributed by atoms with Crippen LogP contribution >= 0.6 is 11.6 Å². The number of aromatic nitrogens is 5. The smallest absolute Gasteiger partial charge is 0.253 e. The molecule has 1 fully saturated rings. The zero-order chi connectivity index (χ0) is 26.8. The van der Waals surface area contributed by atoms with E-state index < -0.39 is 6.04 Å². The number of aryl methyl sites for hydroxylation is 1. The Bertz CT molecular complexity index is 1620. The fraction of sp³-hybridized carbons (Fsp3) is 0.290. The molecule has 1 N–H and O–H groups in total. The molecule has 1 atom stereocenters. The lowest BCUT2D eigenvalue weighted by atomic mass is 10.0. The maximum Gasteiger partial charge on any atom is 0.253 e. The predicted molar refractivity (Wildman–Crippen MR) is 154 cm³/mol. The van der Waals surface area contributed by atoms with E-state index in [0.29, 0.717) is 29.5 Å². The number of hydrogen-bond donors (Lipinski definition) is 1. The molecule has 0 spiro atoms. The second kappa shape index (κ2) is 11.1. The van der Waals surface area contributed by atoms with Gasteiger partial charge in [0.1, 0.15) is 6.04 Å². The molecular formula is C31H31ClN6O. The maximum absolute atomic E-state index is 13.8. The fourth-order valence-corrected chi connectivity index (χ4v) is 5.83. The van der Waals surface area contributed by atoms with Crippen LogP contribution in [-0.4, -0.2) is 30.1 Å². The number of H-pyrrole nitrogens is 1. The van der Waals surface area contributed by atoms with Crippen molar-refractivity contribution >= 4 is 22.5 Å². The van der Waals surface area contributed by atoms with Crippen LogP contribution in [0.2, 0.25) is 5.02 Å². The zero-order valence-electron chi connectivity index (χ0n) is 21.9. The Morgan fingerprint density at radius 2 is 1.69 bits per heavy atom. The number of hydrogen-bond acceptors (Lipinski definition) is 5. The summed E-state index contributed by atoms with van der Waals surface area (Å²) in [5, 5.41) is 14.8. The lowest BCUT2D eigenvalue weighted by Crippen LogP contribution is -2.35. The second-order valence-electron chi connectivity index (χ2n) is 10.5. The van der Waals surface area contributed by atoms with Crippen molar-refractivity contribution in [2.75, 3.05) is 0 Å². The molecule has 198 valence electrons. The van der Waals surface area contributed by atoms with E-state index in [0.717, 1.165) is 53.3 Å². The Hall–Kier alpha value is -3.81. The third-order valence-electron chi connectivity index (χ3n) is 7.65. The highest BCUT2D eigenvalue weighted by Gasteiger charge is 2.33. The van der Waals surface area contributed by atoms with Gasteiger partial charge < -0.3 is 4.98 Å². The van der Waals surface area contributed by atoms with E-state index in [4.69, 9.17) is 11.6 Å². The number of pyridine rings is 1. The Morgan fingerprint density at radius 3 is 2.44 bits per heavy atom. The summed E-state index contributed by atoms with van der Waals surface area (Å²) >= 11 is 6.21. The van der Waals surface area contributed by atoms with Gasteiger partial charge in [0.2, 0.25) is 0 Å². The monoisotopic (exact) mass is 538 g/mol. The van der Waals surface area contributed by atoms with Crippen molar-refractivity contribution in [1.82, 2.24) is 30.1 Å². The van der Waals surface area contributed by atoms with E-state index in [9.17, 15) is 4.79 Å². The molecule has 0 saturated heterocycles. The third-order valence-corrected chi connectivity index (χ3v) is 7.90. The molecule has 3 aromatic carbocycles. The minimum Gasteiger partial charge on any atom is -0.322 e. The summed E-state index contributed by atoms with van der Waals surface area (Å²) in [6, 6.07) is 26.1. The summed E-state index contributed by atoms with van der Waals surface area (Å²) in [4.78, 5) is 19.2. The minimum atomic E-state index is -0.467. The summed E-state index contributed by atoms with van der Waals surface area (Å²) in [6.45, 7) is 3.22. The van der Waals surface area contributed by atoms with Crippen LogP contribution in [-0.2, 0) is 13.1 Å². The van der Waals surface area contributed by atoms with Crippen LogP contribution < -0.4 is 5.56 Å². The van der Waals surface area contributed by atoms with Crippen molar-refractivity contribution in [3.8, 4) is 0 Å². The molecule has 0 amide bonds. The highest BCUT2D eigenvalue weighted by molar-refractivity contribution is 6.30. The first kappa shape index (κ1) is 25.5. The van der Waals surface area contributed by atoms with E-state index in [2.05, 4.69) is 49.7 Å². The molecule has 1 aliphatic rings. The summed E-state index contributed by atoms with van der Waals surface area (Å²) in [6.07, 6.45) is 4.38. The van der Waals surface area contributed by atoms with Gasteiger partial charge in [-0.25, -0.2) is 4.68 Å². The summed E-state index contributed by atoms with van der Waals surface area (Å²) in [7, 11) is 0. The summed E-state index contributed by atoms with van der Waals surface area (Å²) in [5.74, 6) is 0.698. The van der Waals surface area contributed by atoms with Crippen LogP contribution in [0.5, 0.6) is 0 Å². The largest absolute Gasteiger partial charge is 0.322 e. The minimum absolute atomic E-state index is 0.131. The van der Waals surface area contributed by atoms with Gasteiger partial charge >= 0.3 is 0 Å². The van der Waals surface area contributed by atoms with Crippen molar-refractivity contribution in [2.24, 2.45) is 0 Å². The predicted octanol–water partition coefficient (Wildman–Crippen LogP) is 6.38. The number of benzene rings is 3. The number of halogens is 1. The van der Waals surface area contributed by atoms with Crippen LogP contribution in [0.25, 0.3) is 10.9 Å². The van der Waals surface area contributed by atoms with Gasteiger partial charge in [-0.1, -0.05) is 79.0 Å². The Balaban J connectivity index is 1.53. The van der Waals surface area contributed by atoms with Crippen LogP contribution in [0, 0.1) is 6.92 Å². The molecule has 0 aliphatic heterocycles. The number of rotatable bonds is 8. The molecule has 5 aromatic rings. The first-order chi connectivity index (χ1) is 19.0. The Kier molecular flexibility index (Phi) is 7.26. The quantitative estimate of drug-likeness (QED) is 0.248. The highest BCUT2D eigenvalue weighted by atomic mass is 35.5. The van der Waals surface area contributed by atoms with Gasteiger partial charge in [0.25, 0.3) is 5.56 Å². The molecule has 8 heteroatoms. The Labute approximate surface area is 232 Å². The molecule has 7 nitrogen and oxygen atoms in total. The van der Waals surface area contributed by atoms with Crippen molar-refractivity contribution in [3.63, 3.8) is 0 Å². The molecule has 1 aliphatic carbocycles. The molecule has 0 bridgehead atoms. The lowest BCUT2D eigenvalue weighted by molar-refractivity contribution is 0.190. The van der Waals surface area contributed by atoms with E-state index in [1.54, 1.807) is 0 Å². The SMILES string of the molecule is Cc1ccc2cc([C@@H](c3nnnn3C3CCCC3)N(Cc3ccccc3)Cc3ccc(Cl)cc3)c(=O)[nH]c2c1. The van der Waals surface area contributed by atoms with Crippen LogP contribution in [0.15, 0.2) is 83.7 Å². The normalized spacial score (nSPS) is 14.8. The van der Waals surface area contributed by atoms with Crippen LogP contribution in [0.1, 0.15) is 65.8 Å². The first-order valence-electron chi connectivity index (χ1n) is 13.5. The van der Waals surface area contributed by atoms with Gasteiger partial charge in [0, 0.05) is 29.2 Å². The lowest BCUT2D eigenvalue weighted by Gasteiger charge is -2.32.